The van der Waals surface area contributed by atoms with Gasteiger partial charge in [0.1, 0.15) is 54.9 Å². The Morgan fingerprint density at radius 2 is 0.774 bits per heavy atom. The van der Waals surface area contributed by atoms with E-state index in [0.29, 0.717) is 13.0 Å². The molecule has 11 atom stereocenters. The van der Waals surface area contributed by atoms with E-state index in [0.717, 1.165) is 96.3 Å². The van der Waals surface area contributed by atoms with E-state index in [1.165, 1.54) is 141 Å². The lowest BCUT2D eigenvalue weighted by atomic mass is 9.98. The second-order valence-corrected chi connectivity index (χ2v) is 23.6. The van der Waals surface area contributed by atoms with E-state index in [1.807, 2.05) is 0 Å². The predicted octanol–water partition coefficient (Wildman–Crippen LogP) is 14.1. The fourth-order valence-electron chi connectivity index (χ4n) is 10.6. The molecule has 0 aliphatic carbocycles. The molecule has 0 aromatic carbocycles. The molecule has 0 radical (unpaired) electrons. The second kappa shape index (κ2) is 55.7. The van der Waals surface area contributed by atoms with Crippen LogP contribution in [-0.4, -0.2) is 142 Å². The number of rotatable bonds is 56. The smallest absolute Gasteiger partial charge is 0.306 e. The maximum Gasteiger partial charge on any atom is 0.306 e. The molecule has 0 spiro atoms. The molecule has 14 heteroatoms. The summed E-state index contributed by atoms with van der Waals surface area (Å²) in [6, 6.07) is 0. The number of carbonyl (C=O) groups excluding carboxylic acids is 1. The number of aliphatic hydroxyl groups is 7. The third-order valence-electron chi connectivity index (χ3n) is 16.0. The molecule has 0 aromatic rings. The highest BCUT2D eigenvalue weighted by molar-refractivity contribution is 5.69. The number of allylic oxidation sites excluding steroid dienone is 12. The van der Waals surface area contributed by atoms with Crippen LogP contribution < -0.4 is 0 Å². The topological polar surface area (TPSA) is 214 Å². The van der Waals surface area contributed by atoms with Gasteiger partial charge in [-0.3, -0.25) is 4.79 Å². The van der Waals surface area contributed by atoms with Gasteiger partial charge in [0.2, 0.25) is 0 Å². The zero-order chi connectivity index (χ0) is 60.8. The zero-order valence-corrected chi connectivity index (χ0v) is 52.9. The molecule has 14 nitrogen and oxygen atoms in total. The Hall–Kier alpha value is -2.57. The van der Waals surface area contributed by atoms with Crippen LogP contribution in [0.2, 0.25) is 0 Å². The predicted molar refractivity (Wildman–Crippen MR) is 339 cm³/mol. The minimum Gasteiger partial charge on any atom is -0.457 e. The molecule has 2 aliphatic rings. The van der Waals surface area contributed by atoms with Crippen LogP contribution in [0.25, 0.3) is 0 Å². The number of unbranched alkanes of at least 4 members (excludes halogenated alkanes) is 30. The van der Waals surface area contributed by atoms with Gasteiger partial charge in [0.15, 0.2) is 12.6 Å². The summed E-state index contributed by atoms with van der Waals surface area (Å²) >= 11 is 0. The highest BCUT2D eigenvalue weighted by atomic mass is 16.7. The molecule has 0 amide bonds. The molecule has 7 N–H and O–H groups in total. The first-order chi connectivity index (χ1) is 41.1. The van der Waals surface area contributed by atoms with Crippen molar-refractivity contribution in [2.24, 2.45) is 0 Å². The van der Waals surface area contributed by atoms with Crippen LogP contribution in [-0.2, 0) is 33.2 Å². The molecule has 0 bridgehead atoms. The Labute approximate surface area is 510 Å². The Balaban J connectivity index is 1.66. The normalized spacial score (nSPS) is 23.7. The molecule has 0 aromatic heterocycles. The van der Waals surface area contributed by atoms with Crippen molar-refractivity contribution in [3.8, 4) is 0 Å². The van der Waals surface area contributed by atoms with Crippen molar-refractivity contribution >= 4 is 5.97 Å². The average Bonchev–Trinajstić information content (AvgIpc) is 3.67. The average molecular weight is 1190 g/mol. The lowest BCUT2D eigenvalue weighted by Crippen LogP contribution is -2.61. The summed E-state index contributed by atoms with van der Waals surface area (Å²) in [5.41, 5.74) is 0. The maximum atomic E-state index is 13.1. The van der Waals surface area contributed by atoms with E-state index in [2.05, 4.69) is 86.8 Å². The van der Waals surface area contributed by atoms with Crippen LogP contribution in [0.4, 0.5) is 0 Å². The van der Waals surface area contributed by atoms with Gasteiger partial charge < -0.3 is 64.2 Å². The van der Waals surface area contributed by atoms with Gasteiger partial charge in [0.25, 0.3) is 0 Å². The lowest BCUT2D eigenvalue weighted by molar-refractivity contribution is -0.332. The lowest BCUT2D eigenvalue weighted by Gasteiger charge is -2.42. The van der Waals surface area contributed by atoms with E-state index >= 15 is 0 Å². The van der Waals surface area contributed by atoms with Crippen molar-refractivity contribution in [2.75, 3.05) is 33.0 Å². The number of hydrogen-bond donors (Lipinski definition) is 7. The van der Waals surface area contributed by atoms with Crippen LogP contribution in [0, 0.1) is 0 Å². The first-order valence-corrected chi connectivity index (χ1v) is 34.0. The molecule has 84 heavy (non-hydrogen) atoms. The van der Waals surface area contributed by atoms with Crippen LogP contribution in [0.15, 0.2) is 72.9 Å². The molecule has 488 valence electrons. The minimum absolute atomic E-state index is 0.0551. The largest absolute Gasteiger partial charge is 0.457 e. The van der Waals surface area contributed by atoms with Crippen LogP contribution in [0.5, 0.6) is 0 Å². The molecule has 2 rings (SSSR count). The number of carbonyl (C=O) groups is 1. The van der Waals surface area contributed by atoms with E-state index in [-0.39, 0.29) is 25.6 Å². The van der Waals surface area contributed by atoms with Crippen molar-refractivity contribution in [2.45, 2.75) is 332 Å². The standard InChI is InChI=1S/C70H124O14/c1-3-5-7-9-11-13-15-17-19-21-23-25-27-29-31-33-35-37-39-41-43-45-47-49-51-53-62(72)82-59(57-80-69-68(78)66(76)64(74)61(84-69)58-81-70-67(77)65(75)63(73)60(55-71)83-70)56-79-54-52-50-48-46-44-42-40-38-36-34-32-30-28-26-24-22-20-18-16-14-12-10-8-6-4-2/h5,7,11,13,17,19,23,25,29,31,35,37,59-61,63-71,73-78H,3-4,6,8-10,12,14-16,18,20-22,24,26-28,30,32-34,36,38-58H2,1-2H3/b7-5-,13-11-,19-17-,25-23-,31-29-,37-35-. The van der Waals surface area contributed by atoms with E-state index in [4.69, 9.17) is 28.4 Å². The molecule has 0 saturated carbocycles. The third-order valence-corrected chi connectivity index (χ3v) is 16.0. The molecular formula is C70H124O14. The molecule has 2 aliphatic heterocycles. The number of ether oxygens (including phenoxy) is 6. The Morgan fingerprint density at radius 1 is 0.405 bits per heavy atom. The summed E-state index contributed by atoms with van der Waals surface area (Å²) in [6.07, 6.45) is 56.9. The molecular weight excluding hydrogens is 1060 g/mol. The summed E-state index contributed by atoms with van der Waals surface area (Å²) in [5, 5.41) is 72.6. The van der Waals surface area contributed by atoms with Crippen molar-refractivity contribution in [1.29, 1.82) is 0 Å². The van der Waals surface area contributed by atoms with Crippen LogP contribution >= 0.6 is 0 Å². The van der Waals surface area contributed by atoms with Gasteiger partial charge in [-0.05, 0) is 64.2 Å². The Morgan fingerprint density at radius 3 is 1.21 bits per heavy atom. The van der Waals surface area contributed by atoms with E-state index in [9.17, 15) is 40.5 Å². The fourth-order valence-corrected chi connectivity index (χ4v) is 10.6. The van der Waals surface area contributed by atoms with Crippen molar-refractivity contribution in [1.82, 2.24) is 0 Å². The van der Waals surface area contributed by atoms with Gasteiger partial charge in [-0.2, -0.15) is 0 Å². The second-order valence-electron chi connectivity index (χ2n) is 23.6. The summed E-state index contributed by atoms with van der Waals surface area (Å²) in [7, 11) is 0. The zero-order valence-electron chi connectivity index (χ0n) is 52.9. The number of aliphatic hydroxyl groups excluding tert-OH is 7. The third kappa shape index (κ3) is 40.8. The number of hydrogen-bond acceptors (Lipinski definition) is 14. The Kier molecular flexibility index (Phi) is 51.4. The van der Waals surface area contributed by atoms with Crippen molar-refractivity contribution < 1.29 is 69.0 Å². The summed E-state index contributed by atoms with van der Waals surface area (Å²) < 4.78 is 34.5. The maximum absolute atomic E-state index is 13.1. The van der Waals surface area contributed by atoms with Crippen molar-refractivity contribution in [3.63, 3.8) is 0 Å². The van der Waals surface area contributed by atoms with Gasteiger partial charge in [-0.25, -0.2) is 0 Å². The van der Waals surface area contributed by atoms with Crippen molar-refractivity contribution in [3.05, 3.63) is 72.9 Å². The van der Waals surface area contributed by atoms with Gasteiger partial charge in [0.05, 0.1) is 26.4 Å². The van der Waals surface area contributed by atoms with E-state index in [1.54, 1.807) is 0 Å². The summed E-state index contributed by atoms with van der Waals surface area (Å²) in [6.45, 7) is 3.60. The SMILES string of the molecule is CC/C=C\C/C=C\C/C=C\C/C=C\C/C=C\C/C=C\CCCCCCCCC(=O)OC(COCCCCCCCCCCCCCCCCCCCCCCCCCCC)COC1OC(COC2OC(CO)C(O)C(O)C2O)C(O)C(O)C1O. The minimum atomic E-state index is -1.71. The van der Waals surface area contributed by atoms with Crippen LogP contribution in [0.1, 0.15) is 264 Å². The van der Waals surface area contributed by atoms with Gasteiger partial charge in [-0.1, -0.05) is 267 Å². The monoisotopic (exact) mass is 1190 g/mol. The fraction of sp³-hybridized carbons (Fsp3) is 0.814. The van der Waals surface area contributed by atoms with Gasteiger partial charge in [0, 0.05) is 13.0 Å². The number of esters is 1. The van der Waals surface area contributed by atoms with E-state index < -0.39 is 80.7 Å². The molecule has 2 fully saturated rings. The van der Waals surface area contributed by atoms with Crippen LogP contribution in [0.3, 0.4) is 0 Å². The molecule has 2 heterocycles. The van der Waals surface area contributed by atoms with Gasteiger partial charge >= 0.3 is 5.97 Å². The summed E-state index contributed by atoms with van der Waals surface area (Å²) in [4.78, 5) is 13.1. The Bertz CT molecular complexity index is 1670. The first-order valence-electron chi connectivity index (χ1n) is 34.0. The quantitative estimate of drug-likeness (QED) is 0.0171. The molecule has 2 saturated heterocycles. The van der Waals surface area contributed by atoms with Gasteiger partial charge in [-0.15, -0.1) is 0 Å². The summed E-state index contributed by atoms with van der Waals surface area (Å²) in [5.74, 6) is -0.388. The highest BCUT2D eigenvalue weighted by Gasteiger charge is 2.47. The molecule has 11 unspecified atom stereocenters. The highest BCUT2D eigenvalue weighted by Crippen LogP contribution is 2.27. The first kappa shape index (κ1) is 77.5.